The van der Waals surface area contributed by atoms with Gasteiger partial charge in [-0.2, -0.15) is 0 Å². The van der Waals surface area contributed by atoms with Crippen molar-refractivity contribution in [3.05, 3.63) is 63.1 Å². The van der Waals surface area contributed by atoms with E-state index in [9.17, 15) is 13.6 Å². The second kappa shape index (κ2) is 8.63. The average molecular weight is 370 g/mol. The van der Waals surface area contributed by atoms with E-state index in [4.69, 9.17) is 0 Å². The third-order valence-electron chi connectivity index (χ3n) is 3.18. The first-order chi connectivity index (χ1) is 10.4. The molecular formula is C17H18BrF2NO. The van der Waals surface area contributed by atoms with Gasteiger partial charge in [0.05, 0.1) is 5.56 Å². The third kappa shape index (κ3) is 4.91. The van der Waals surface area contributed by atoms with Crippen LogP contribution in [0.5, 0.6) is 0 Å². The van der Waals surface area contributed by atoms with E-state index in [0.29, 0.717) is 6.29 Å². The molecule has 2 aromatic rings. The molecule has 0 radical (unpaired) electrons. The molecule has 0 aliphatic carbocycles. The van der Waals surface area contributed by atoms with Gasteiger partial charge < -0.3 is 5.32 Å². The van der Waals surface area contributed by atoms with Gasteiger partial charge in [-0.1, -0.05) is 28.9 Å². The lowest BCUT2D eigenvalue weighted by molar-refractivity contribution is 0.112. The van der Waals surface area contributed by atoms with E-state index in [-0.39, 0.29) is 11.4 Å². The number of carbonyl (C=O) groups is 1. The number of anilines is 1. The van der Waals surface area contributed by atoms with Crippen molar-refractivity contribution in [2.24, 2.45) is 0 Å². The number of rotatable bonds is 3. The number of aryl methyl sites for hydroxylation is 1. The molecule has 0 aliphatic heterocycles. The summed E-state index contributed by atoms with van der Waals surface area (Å²) >= 11 is 3.26. The highest BCUT2D eigenvalue weighted by Gasteiger charge is 2.02. The number of aldehydes is 1. The van der Waals surface area contributed by atoms with Crippen LogP contribution in [0.15, 0.2) is 34.8 Å². The normalized spacial score (nSPS) is 9.73. The number of benzene rings is 2. The molecule has 22 heavy (non-hydrogen) atoms. The minimum Gasteiger partial charge on any atom is -0.388 e. The number of nitrogens with one attached hydrogen (secondary N) is 1. The fourth-order valence-corrected chi connectivity index (χ4v) is 2.22. The average Bonchev–Trinajstić information content (AvgIpc) is 2.51. The van der Waals surface area contributed by atoms with Crippen molar-refractivity contribution in [1.82, 2.24) is 0 Å². The van der Waals surface area contributed by atoms with E-state index in [2.05, 4.69) is 21.2 Å². The van der Waals surface area contributed by atoms with Gasteiger partial charge in [0.2, 0.25) is 0 Å². The zero-order valence-corrected chi connectivity index (χ0v) is 14.3. The molecule has 2 nitrogen and oxygen atoms in total. The van der Waals surface area contributed by atoms with E-state index in [1.807, 2.05) is 13.8 Å². The fraction of sp³-hybridized carbons (Fsp3) is 0.235. The van der Waals surface area contributed by atoms with Crippen LogP contribution in [0, 0.1) is 18.6 Å². The molecule has 0 amide bonds. The van der Waals surface area contributed by atoms with Crippen molar-refractivity contribution in [2.75, 3.05) is 12.4 Å². The van der Waals surface area contributed by atoms with Crippen molar-refractivity contribution < 1.29 is 13.6 Å². The Labute approximate surface area is 137 Å². The first-order valence-electron chi connectivity index (χ1n) is 6.79. The van der Waals surface area contributed by atoms with Crippen LogP contribution < -0.4 is 5.32 Å². The summed E-state index contributed by atoms with van der Waals surface area (Å²) in [5.41, 5.74) is 2.88. The van der Waals surface area contributed by atoms with Crippen LogP contribution in [-0.4, -0.2) is 13.3 Å². The van der Waals surface area contributed by atoms with Crippen molar-refractivity contribution in [2.45, 2.75) is 20.3 Å². The summed E-state index contributed by atoms with van der Waals surface area (Å²) in [7, 11) is 1.77. The van der Waals surface area contributed by atoms with Crippen molar-refractivity contribution in [3.8, 4) is 0 Å². The minimum absolute atomic E-state index is 0.127. The summed E-state index contributed by atoms with van der Waals surface area (Å²) in [6.45, 7) is 3.87. The van der Waals surface area contributed by atoms with E-state index < -0.39 is 5.82 Å². The molecule has 0 atom stereocenters. The van der Waals surface area contributed by atoms with Crippen LogP contribution >= 0.6 is 15.9 Å². The van der Waals surface area contributed by atoms with Crippen LogP contribution in [0.25, 0.3) is 0 Å². The monoisotopic (exact) mass is 369 g/mol. The van der Waals surface area contributed by atoms with Crippen LogP contribution in [0.4, 0.5) is 14.5 Å². The van der Waals surface area contributed by atoms with E-state index >= 15 is 0 Å². The van der Waals surface area contributed by atoms with Gasteiger partial charge >= 0.3 is 0 Å². The Balaban J connectivity index is 0.000000220. The Morgan fingerprint density at radius 2 is 1.91 bits per heavy atom. The van der Waals surface area contributed by atoms with E-state index in [0.717, 1.165) is 27.7 Å². The molecule has 2 aromatic carbocycles. The zero-order chi connectivity index (χ0) is 16.7. The first kappa shape index (κ1) is 18.3. The van der Waals surface area contributed by atoms with Gasteiger partial charge in [0, 0.05) is 17.2 Å². The molecule has 0 saturated heterocycles. The van der Waals surface area contributed by atoms with Gasteiger partial charge in [0.25, 0.3) is 0 Å². The number of hydrogen-bond donors (Lipinski definition) is 1. The van der Waals surface area contributed by atoms with Gasteiger partial charge in [0.1, 0.15) is 11.6 Å². The summed E-state index contributed by atoms with van der Waals surface area (Å²) in [5, 5.41) is 2.91. The van der Waals surface area contributed by atoms with Crippen molar-refractivity contribution >= 4 is 27.9 Å². The number of hydrogen-bond acceptors (Lipinski definition) is 2. The lowest BCUT2D eigenvalue weighted by Crippen LogP contribution is -1.93. The number of carbonyl (C=O) groups excluding carboxylic acids is 1. The predicted molar refractivity (Wildman–Crippen MR) is 89.5 cm³/mol. The van der Waals surface area contributed by atoms with Gasteiger partial charge in [-0.15, -0.1) is 0 Å². The van der Waals surface area contributed by atoms with Crippen molar-refractivity contribution in [3.63, 3.8) is 0 Å². The lowest BCUT2D eigenvalue weighted by Gasteiger charge is -2.06. The molecule has 2 rings (SSSR count). The number of halogens is 3. The van der Waals surface area contributed by atoms with E-state index in [1.165, 1.54) is 24.3 Å². The topological polar surface area (TPSA) is 29.1 Å². The van der Waals surface area contributed by atoms with Gasteiger partial charge in [-0.3, -0.25) is 4.79 Å². The molecule has 0 heterocycles. The molecular weight excluding hydrogens is 352 g/mol. The summed E-state index contributed by atoms with van der Waals surface area (Å²) < 4.78 is 26.3. The summed E-state index contributed by atoms with van der Waals surface area (Å²) in [6.07, 6.45) is 1.31. The molecule has 0 bridgehead atoms. The van der Waals surface area contributed by atoms with Crippen LogP contribution in [0.1, 0.15) is 28.4 Å². The van der Waals surface area contributed by atoms with E-state index in [1.54, 1.807) is 13.1 Å². The fourth-order valence-electron chi connectivity index (χ4n) is 1.79. The molecule has 5 heteroatoms. The second-order valence-electron chi connectivity index (χ2n) is 4.64. The van der Waals surface area contributed by atoms with Crippen LogP contribution in [0.2, 0.25) is 0 Å². The minimum atomic E-state index is -0.431. The van der Waals surface area contributed by atoms with Crippen LogP contribution in [0.3, 0.4) is 0 Å². The molecule has 0 unspecified atom stereocenters. The largest absolute Gasteiger partial charge is 0.388 e. The summed E-state index contributed by atoms with van der Waals surface area (Å²) in [5.74, 6) is -0.661. The van der Waals surface area contributed by atoms with Crippen LogP contribution in [-0.2, 0) is 6.42 Å². The maximum absolute atomic E-state index is 12.8. The standard InChI is InChI=1S/C9H9FO.C8H9BrFN/c1-2-7-3-4-8(6-11)9(10)5-7;1-5-7(9)3-6(10)4-8(5)11-2/h3-6H,2H2,1H3;3-4,11H,1-2H3. The Bertz CT molecular complexity index is 659. The Morgan fingerprint density at radius 3 is 2.41 bits per heavy atom. The van der Waals surface area contributed by atoms with Gasteiger partial charge in [-0.25, -0.2) is 8.78 Å². The quantitative estimate of drug-likeness (QED) is 0.759. The highest BCUT2D eigenvalue weighted by atomic mass is 79.9. The second-order valence-corrected chi connectivity index (χ2v) is 5.49. The van der Waals surface area contributed by atoms with Gasteiger partial charge in [0.15, 0.2) is 6.29 Å². The first-order valence-corrected chi connectivity index (χ1v) is 7.59. The summed E-state index contributed by atoms with van der Waals surface area (Å²) in [6, 6.07) is 7.58. The predicted octanol–water partition coefficient (Wildman–Crippen LogP) is 5.14. The molecule has 0 aliphatic rings. The maximum Gasteiger partial charge on any atom is 0.152 e. The molecule has 1 N–H and O–H groups in total. The molecule has 0 aromatic heterocycles. The Morgan fingerprint density at radius 1 is 1.23 bits per heavy atom. The SMILES string of the molecule is CCc1ccc(C=O)c(F)c1.CNc1cc(F)cc(Br)c1C. The summed E-state index contributed by atoms with van der Waals surface area (Å²) in [4.78, 5) is 10.2. The smallest absolute Gasteiger partial charge is 0.152 e. The molecule has 0 fully saturated rings. The molecule has 0 saturated carbocycles. The molecule has 0 spiro atoms. The Kier molecular flexibility index (Phi) is 7.18. The lowest BCUT2D eigenvalue weighted by atomic mass is 10.1. The molecule has 118 valence electrons. The highest BCUT2D eigenvalue weighted by molar-refractivity contribution is 9.10. The van der Waals surface area contributed by atoms with Gasteiger partial charge in [-0.05, 0) is 48.7 Å². The van der Waals surface area contributed by atoms with Crippen molar-refractivity contribution in [1.29, 1.82) is 0 Å². The highest BCUT2D eigenvalue weighted by Crippen LogP contribution is 2.24. The maximum atomic E-state index is 12.8. The third-order valence-corrected chi connectivity index (χ3v) is 4.00. The zero-order valence-electron chi connectivity index (χ0n) is 12.7. The Hall–Kier alpha value is -1.75.